The third-order valence-electron chi connectivity index (χ3n) is 3.59. The largest absolute Gasteiger partial charge is 0.391 e. The summed E-state index contributed by atoms with van der Waals surface area (Å²) in [6, 6.07) is 18.4. The molecule has 0 spiro atoms. The van der Waals surface area contributed by atoms with Crippen molar-refractivity contribution in [1.82, 2.24) is 0 Å². The monoisotopic (exact) mass is 435 g/mol. The average molecular weight is 436 g/mol. The van der Waals surface area contributed by atoms with Crippen LogP contribution in [-0.4, -0.2) is 28.6 Å². The highest BCUT2D eigenvalue weighted by atomic mass is 35.5. The molecule has 3 aromatic rings. The number of nitrogens with one attached hydrogen (secondary N) is 1. The van der Waals surface area contributed by atoms with Crippen LogP contribution < -0.4 is 5.32 Å². The van der Waals surface area contributed by atoms with Gasteiger partial charge in [0.05, 0.1) is 16.0 Å². The molecule has 1 atom stereocenters. The SMILES string of the molecule is O=C(Nc1ccccc1SC[C@@H](O)CSc1cccs1)c1ccc(Cl)cc1. The fourth-order valence-corrected chi connectivity index (χ4v) is 5.20. The summed E-state index contributed by atoms with van der Waals surface area (Å²) in [5.74, 6) is 1.02. The summed E-state index contributed by atoms with van der Waals surface area (Å²) in [6.45, 7) is 0. The van der Waals surface area contributed by atoms with Gasteiger partial charge in [0.1, 0.15) is 0 Å². The third kappa shape index (κ3) is 6.30. The lowest BCUT2D eigenvalue weighted by atomic mass is 10.2. The van der Waals surface area contributed by atoms with E-state index in [4.69, 9.17) is 11.6 Å². The average Bonchev–Trinajstić information content (AvgIpc) is 3.20. The van der Waals surface area contributed by atoms with Crippen molar-refractivity contribution < 1.29 is 9.90 Å². The van der Waals surface area contributed by atoms with E-state index in [1.165, 1.54) is 16.0 Å². The zero-order chi connectivity index (χ0) is 19.1. The van der Waals surface area contributed by atoms with Crippen molar-refractivity contribution in [3.8, 4) is 0 Å². The first kappa shape index (κ1) is 20.3. The molecule has 0 aliphatic heterocycles. The highest BCUT2D eigenvalue weighted by Crippen LogP contribution is 2.30. The van der Waals surface area contributed by atoms with Crippen LogP contribution >= 0.6 is 46.5 Å². The van der Waals surface area contributed by atoms with Crippen LogP contribution in [-0.2, 0) is 0 Å². The van der Waals surface area contributed by atoms with Crippen molar-refractivity contribution in [2.45, 2.75) is 15.2 Å². The maximum absolute atomic E-state index is 12.4. The second-order valence-electron chi connectivity index (χ2n) is 5.67. The minimum atomic E-state index is -0.429. The first-order chi connectivity index (χ1) is 13.1. The Morgan fingerprint density at radius 3 is 2.52 bits per heavy atom. The summed E-state index contributed by atoms with van der Waals surface area (Å²) in [4.78, 5) is 13.4. The number of amides is 1. The molecule has 27 heavy (non-hydrogen) atoms. The van der Waals surface area contributed by atoms with Gasteiger partial charge in [0, 0.05) is 27.0 Å². The van der Waals surface area contributed by atoms with Gasteiger partial charge in [0.25, 0.3) is 5.91 Å². The van der Waals surface area contributed by atoms with E-state index in [9.17, 15) is 9.90 Å². The number of thiophene rings is 1. The fraction of sp³-hybridized carbons (Fsp3) is 0.150. The van der Waals surface area contributed by atoms with Crippen molar-refractivity contribution >= 4 is 58.1 Å². The van der Waals surface area contributed by atoms with E-state index in [1.54, 1.807) is 47.4 Å². The van der Waals surface area contributed by atoms with Gasteiger partial charge in [-0.2, -0.15) is 0 Å². The van der Waals surface area contributed by atoms with Crippen LogP contribution in [0.1, 0.15) is 10.4 Å². The van der Waals surface area contributed by atoms with E-state index in [1.807, 2.05) is 35.7 Å². The minimum Gasteiger partial charge on any atom is -0.391 e. The quantitative estimate of drug-likeness (QED) is 0.432. The van der Waals surface area contributed by atoms with Gasteiger partial charge in [-0.25, -0.2) is 0 Å². The van der Waals surface area contributed by atoms with Gasteiger partial charge in [-0.05, 0) is 47.8 Å². The van der Waals surface area contributed by atoms with E-state index in [2.05, 4.69) is 11.4 Å². The zero-order valence-corrected chi connectivity index (χ0v) is 17.5. The number of hydrogen-bond donors (Lipinski definition) is 2. The number of thioether (sulfide) groups is 2. The van der Waals surface area contributed by atoms with Gasteiger partial charge >= 0.3 is 0 Å². The molecule has 140 valence electrons. The number of aliphatic hydroxyl groups excluding tert-OH is 1. The highest BCUT2D eigenvalue weighted by Gasteiger charge is 2.12. The topological polar surface area (TPSA) is 49.3 Å². The van der Waals surface area contributed by atoms with Crippen LogP contribution in [0.2, 0.25) is 5.02 Å². The normalized spacial score (nSPS) is 11.9. The van der Waals surface area contributed by atoms with E-state index in [-0.39, 0.29) is 5.91 Å². The van der Waals surface area contributed by atoms with Crippen molar-refractivity contribution in [2.24, 2.45) is 0 Å². The van der Waals surface area contributed by atoms with Crippen LogP contribution in [0, 0.1) is 0 Å². The lowest BCUT2D eigenvalue weighted by Gasteiger charge is -2.13. The van der Waals surface area contributed by atoms with Crippen LogP contribution in [0.5, 0.6) is 0 Å². The Morgan fingerprint density at radius 2 is 1.78 bits per heavy atom. The van der Waals surface area contributed by atoms with Crippen LogP contribution in [0.3, 0.4) is 0 Å². The summed E-state index contributed by atoms with van der Waals surface area (Å²) in [5.41, 5.74) is 1.28. The molecule has 0 aliphatic rings. The van der Waals surface area contributed by atoms with Gasteiger partial charge in [-0.15, -0.1) is 34.9 Å². The highest BCUT2D eigenvalue weighted by molar-refractivity contribution is 8.01. The third-order valence-corrected chi connectivity index (χ3v) is 7.33. The molecule has 1 amide bonds. The number of aliphatic hydroxyl groups is 1. The molecule has 3 nitrogen and oxygen atoms in total. The second-order valence-corrected chi connectivity index (χ2v) is 9.43. The maximum Gasteiger partial charge on any atom is 0.255 e. The lowest BCUT2D eigenvalue weighted by Crippen LogP contribution is -2.14. The molecule has 0 saturated heterocycles. The number of para-hydroxylation sites is 1. The molecule has 0 fully saturated rings. The number of carbonyl (C=O) groups is 1. The molecule has 0 unspecified atom stereocenters. The molecule has 0 saturated carbocycles. The minimum absolute atomic E-state index is 0.187. The van der Waals surface area contributed by atoms with Gasteiger partial charge in [0.2, 0.25) is 0 Å². The van der Waals surface area contributed by atoms with Crippen LogP contribution in [0.15, 0.2) is 75.1 Å². The number of hydrogen-bond acceptors (Lipinski definition) is 5. The van der Waals surface area contributed by atoms with Crippen molar-refractivity contribution in [3.63, 3.8) is 0 Å². The number of carbonyl (C=O) groups excluding carboxylic acids is 1. The Hall–Kier alpha value is -1.44. The Kier molecular flexibility index (Phi) is 7.67. The second kappa shape index (κ2) is 10.2. The summed E-state index contributed by atoms with van der Waals surface area (Å²) in [5, 5.41) is 15.8. The number of halogens is 1. The summed E-state index contributed by atoms with van der Waals surface area (Å²) in [7, 11) is 0. The molecular formula is C20H18ClNO2S3. The Morgan fingerprint density at radius 1 is 1.04 bits per heavy atom. The summed E-state index contributed by atoms with van der Waals surface area (Å²) in [6.07, 6.45) is -0.429. The molecule has 1 heterocycles. The smallest absolute Gasteiger partial charge is 0.255 e. The van der Waals surface area contributed by atoms with Crippen molar-refractivity contribution in [2.75, 3.05) is 16.8 Å². The first-order valence-electron chi connectivity index (χ1n) is 8.25. The van der Waals surface area contributed by atoms with E-state index < -0.39 is 6.10 Å². The lowest BCUT2D eigenvalue weighted by molar-refractivity contribution is 0.102. The van der Waals surface area contributed by atoms with Crippen LogP contribution in [0.4, 0.5) is 5.69 Å². The molecule has 0 radical (unpaired) electrons. The van der Waals surface area contributed by atoms with Crippen molar-refractivity contribution in [3.05, 3.63) is 76.6 Å². The summed E-state index contributed by atoms with van der Waals surface area (Å²) >= 11 is 10.7. The van der Waals surface area contributed by atoms with Crippen LogP contribution in [0.25, 0.3) is 0 Å². The first-order valence-corrected chi connectivity index (χ1v) is 11.5. The van der Waals surface area contributed by atoms with Gasteiger partial charge in [-0.1, -0.05) is 29.8 Å². The standard InChI is InChI=1S/C20H18ClNO2S3/c21-15-9-7-14(8-10-15)20(24)22-17-4-1-2-5-18(17)26-12-16(23)13-27-19-6-3-11-25-19/h1-11,16,23H,12-13H2,(H,22,24)/t16-/m1/s1. The summed E-state index contributed by atoms with van der Waals surface area (Å²) < 4.78 is 1.20. The molecule has 3 rings (SSSR count). The Labute approximate surface area is 176 Å². The van der Waals surface area contributed by atoms with E-state index >= 15 is 0 Å². The van der Waals surface area contributed by atoms with E-state index in [0.717, 1.165) is 10.6 Å². The predicted octanol–water partition coefficient (Wildman–Crippen LogP) is 5.90. The van der Waals surface area contributed by atoms with Gasteiger partial charge in [-0.3, -0.25) is 4.79 Å². The number of anilines is 1. The molecule has 0 bridgehead atoms. The fourth-order valence-electron chi connectivity index (χ4n) is 2.25. The zero-order valence-electron chi connectivity index (χ0n) is 14.3. The molecule has 0 aliphatic carbocycles. The molecule has 1 aromatic heterocycles. The number of benzene rings is 2. The molecule has 2 aromatic carbocycles. The number of rotatable bonds is 8. The van der Waals surface area contributed by atoms with Gasteiger partial charge in [0.15, 0.2) is 0 Å². The molecular weight excluding hydrogens is 418 g/mol. The van der Waals surface area contributed by atoms with Gasteiger partial charge < -0.3 is 10.4 Å². The molecule has 7 heteroatoms. The Balaban J connectivity index is 1.56. The predicted molar refractivity (Wildman–Crippen MR) is 118 cm³/mol. The molecule has 2 N–H and O–H groups in total. The van der Waals surface area contributed by atoms with E-state index in [0.29, 0.717) is 22.1 Å². The van der Waals surface area contributed by atoms with Crippen molar-refractivity contribution in [1.29, 1.82) is 0 Å². The maximum atomic E-state index is 12.4. The Bertz CT molecular complexity index is 869.